The minimum atomic E-state index is 0.544. The van der Waals surface area contributed by atoms with Crippen molar-refractivity contribution in [1.29, 1.82) is 0 Å². The summed E-state index contributed by atoms with van der Waals surface area (Å²) in [6.07, 6.45) is 6.50. The molecule has 0 aliphatic rings. The van der Waals surface area contributed by atoms with E-state index in [9.17, 15) is 0 Å². The van der Waals surface area contributed by atoms with Crippen molar-refractivity contribution in [2.45, 2.75) is 46.4 Å². The van der Waals surface area contributed by atoms with Crippen LogP contribution in [0.25, 0.3) is 11.3 Å². The lowest BCUT2D eigenvalue weighted by atomic mass is 9.37. The minimum absolute atomic E-state index is 0.544. The van der Waals surface area contributed by atoms with Gasteiger partial charge in [0, 0.05) is 10.9 Å². The second-order valence-electron chi connectivity index (χ2n) is 9.82. The van der Waals surface area contributed by atoms with Crippen molar-refractivity contribution in [1.82, 2.24) is 9.97 Å². The fourth-order valence-corrected chi connectivity index (χ4v) is 5.12. The van der Waals surface area contributed by atoms with Gasteiger partial charge in [0.05, 0.1) is 11.9 Å². The number of hydrogen-bond donors (Lipinski definition) is 1. The van der Waals surface area contributed by atoms with E-state index in [1.54, 1.807) is 0 Å². The van der Waals surface area contributed by atoms with E-state index >= 15 is 0 Å². The van der Waals surface area contributed by atoms with Crippen molar-refractivity contribution in [2.24, 2.45) is 0 Å². The molecule has 4 aromatic carbocycles. The number of rotatable bonds is 8. The Morgan fingerprint density at radius 2 is 1.32 bits per heavy atom. The van der Waals surface area contributed by atoms with Crippen LogP contribution in [0.5, 0.6) is 0 Å². The van der Waals surface area contributed by atoms with Gasteiger partial charge < -0.3 is 4.98 Å². The number of imidazole rings is 1. The van der Waals surface area contributed by atoms with Crippen LogP contribution in [-0.2, 0) is 6.42 Å². The Morgan fingerprint density at radius 3 is 1.89 bits per heavy atom. The van der Waals surface area contributed by atoms with E-state index in [2.05, 4.69) is 132 Å². The predicted molar refractivity (Wildman–Crippen MR) is 168 cm³/mol. The summed E-state index contributed by atoms with van der Waals surface area (Å²) < 4.78 is 1.10. The van der Waals surface area contributed by atoms with Gasteiger partial charge in [-0.2, -0.15) is 0 Å². The molecule has 1 aromatic heterocycles. The molecule has 0 saturated carbocycles. The Morgan fingerprint density at radius 1 is 0.737 bits per heavy atom. The highest BCUT2D eigenvalue weighted by Crippen LogP contribution is 2.18. The highest BCUT2D eigenvalue weighted by Gasteiger charge is 2.21. The summed E-state index contributed by atoms with van der Waals surface area (Å²) in [6, 6.07) is 36.2. The molecule has 192 valence electrons. The minimum Gasteiger partial charge on any atom is -0.342 e. The number of aromatic amines is 1. The monoisotopic (exact) mass is 562 g/mol. The van der Waals surface area contributed by atoms with E-state index in [0.29, 0.717) is 6.71 Å². The number of aromatic nitrogens is 2. The zero-order valence-corrected chi connectivity index (χ0v) is 24.2. The molecule has 0 fully saturated rings. The molecule has 0 amide bonds. The SMILES string of the molecule is Brc1ccc(Cc2ncc(-c3ccccc3)[nH]2)cc1.CCCCB(c1ccccc1C)c1ccccc1C. The van der Waals surface area contributed by atoms with Crippen molar-refractivity contribution in [3.8, 4) is 11.3 Å². The average Bonchev–Trinajstić information content (AvgIpc) is 3.41. The number of aryl methyl sites for hydroxylation is 2. The number of H-pyrrole nitrogens is 1. The van der Waals surface area contributed by atoms with Crippen LogP contribution >= 0.6 is 15.9 Å². The molecule has 4 heteroatoms. The van der Waals surface area contributed by atoms with E-state index < -0.39 is 0 Å². The van der Waals surface area contributed by atoms with Crippen molar-refractivity contribution < 1.29 is 0 Å². The number of nitrogens with zero attached hydrogens (tertiary/aromatic N) is 1. The van der Waals surface area contributed by atoms with Crippen LogP contribution in [0.3, 0.4) is 0 Å². The van der Waals surface area contributed by atoms with Crippen LogP contribution in [0, 0.1) is 13.8 Å². The molecule has 38 heavy (non-hydrogen) atoms. The molecule has 0 radical (unpaired) electrons. The Hall–Kier alpha value is -3.37. The summed E-state index contributed by atoms with van der Waals surface area (Å²) >= 11 is 3.44. The summed E-state index contributed by atoms with van der Waals surface area (Å²) in [5, 5.41) is 0. The first-order valence-corrected chi connectivity index (χ1v) is 14.3. The maximum Gasteiger partial charge on any atom is 0.209 e. The molecule has 1 N–H and O–H groups in total. The molecule has 5 rings (SSSR count). The molecule has 0 spiro atoms. The van der Waals surface area contributed by atoms with Crippen LogP contribution in [0.1, 0.15) is 42.3 Å². The Balaban J connectivity index is 0.000000177. The lowest BCUT2D eigenvalue weighted by Gasteiger charge is -2.18. The highest BCUT2D eigenvalue weighted by atomic mass is 79.9. The smallest absolute Gasteiger partial charge is 0.209 e. The lowest BCUT2D eigenvalue weighted by molar-refractivity contribution is 0.878. The van der Waals surface area contributed by atoms with Crippen molar-refractivity contribution in [3.63, 3.8) is 0 Å². The zero-order valence-electron chi connectivity index (χ0n) is 22.6. The third kappa shape index (κ3) is 7.58. The van der Waals surface area contributed by atoms with Crippen LogP contribution in [0.2, 0.25) is 6.32 Å². The molecule has 0 aliphatic heterocycles. The third-order valence-electron chi connectivity index (χ3n) is 6.97. The van der Waals surface area contributed by atoms with Crippen molar-refractivity contribution in [3.05, 3.63) is 136 Å². The summed E-state index contributed by atoms with van der Waals surface area (Å²) in [5.74, 6) is 0.987. The molecule has 0 bridgehead atoms. The summed E-state index contributed by atoms with van der Waals surface area (Å²) in [6.45, 7) is 7.27. The van der Waals surface area contributed by atoms with Crippen LogP contribution in [-0.4, -0.2) is 16.7 Å². The third-order valence-corrected chi connectivity index (χ3v) is 7.50. The Labute approximate surface area is 236 Å². The first kappa shape index (κ1) is 27.7. The van der Waals surface area contributed by atoms with Gasteiger partial charge >= 0.3 is 0 Å². The normalized spacial score (nSPS) is 10.5. The topological polar surface area (TPSA) is 28.7 Å². The summed E-state index contributed by atoms with van der Waals surface area (Å²) in [5.41, 5.74) is 9.27. The second-order valence-corrected chi connectivity index (χ2v) is 10.7. The van der Waals surface area contributed by atoms with Gasteiger partial charge in [-0.1, -0.05) is 155 Å². The van der Waals surface area contributed by atoms with Gasteiger partial charge in [0.25, 0.3) is 0 Å². The van der Waals surface area contributed by atoms with Gasteiger partial charge in [0.2, 0.25) is 6.71 Å². The van der Waals surface area contributed by atoms with Gasteiger partial charge in [0.15, 0.2) is 0 Å². The average molecular weight is 563 g/mol. The number of halogens is 1. The first-order chi connectivity index (χ1) is 18.5. The van der Waals surface area contributed by atoms with Gasteiger partial charge in [0.1, 0.15) is 5.82 Å². The van der Waals surface area contributed by atoms with E-state index in [1.165, 1.54) is 46.8 Å². The fourth-order valence-electron chi connectivity index (χ4n) is 4.85. The molecule has 0 saturated heterocycles. The number of unbranched alkanes of at least 4 members (excludes halogenated alkanes) is 1. The van der Waals surface area contributed by atoms with Gasteiger partial charge in [-0.3, -0.25) is 0 Å². The highest BCUT2D eigenvalue weighted by molar-refractivity contribution is 9.10. The molecular weight excluding hydrogens is 527 g/mol. The maximum atomic E-state index is 4.44. The van der Waals surface area contributed by atoms with E-state index in [4.69, 9.17) is 0 Å². The van der Waals surface area contributed by atoms with Crippen LogP contribution < -0.4 is 10.9 Å². The van der Waals surface area contributed by atoms with Crippen LogP contribution in [0.15, 0.2) is 114 Å². The number of benzene rings is 4. The Kier molecular flexibility index (Phi) is 10.2. The quantitative estimate of drug-likeness (QED) is 0.190. The largest absolute Gasteiger partial charge is 0.342 e. The maximum absolute atomic E-state index is 4.44. The number of hydrogen-bond acceptors (Lipinski definition) is 1. The first-order valence-electron chi connectivity index (χ1n) is 13.5. The van der Waals surface area contributed by atoms with Gasteiger partial charge in [-0.05, 0) is 37.1 Å². The Bertz CT molecular complexity index is 1360. The predicted octanol–water partition coefficient (Wildman–Crippen LogP) is 8.14. The van der Waals surface area contributed by atoms with Gasteiger partial charge in [-0.15, -0.1) is 0 Å². The van der Waals surface area contributed by atoms with E-state index in [0.717, 1.165) is 28.0 Å². The van der Waals surface area contributed by atoms with E-state index in [-0.39, 0.29) is 0 Å². The molecule has 5 aromatic rings. The lowest BCUT2D eigenvalue weighted by Crippen LogP contribution is -2.44. The van der Waals surface area contributed by atoms with E-state index in [1.807, 2.05) is 24.4 Å². The summed E-state index contributed by atoms with van der Waals surface area (Å²) in [7, 11) is 0. The van der Waals surface area contributed by atoms with Crippen LogP contribution in [0.4, 0.5) is 0 Å². The summed E-state index contributed by atoms with van der Waals surface area (Å²) in [4.78, 5) is 7.81. The molecule has 0 atom stereocenters. The molecular formula is C34H36BBrN2. The van der Waals surface area contributed by atoms with Crippen molar-refractivity contribution in [2.75, 3.05) is 0 Å². The zero-order chi connectivity index (χ0) is 26.7. The molecule has 0 aliphatic carbocycles. The second kappa shape index (κ2) is 14.0. The molecule has 1 heterocycles. The fraction of sp³-hybridized carbons (Fsp3) is 0.206. The van der Waals surface area contributed by atoms with Gasteiger partial charge in [-0.25, -0.2) is 4.98 Å². The molecule has 2 nitrogen and oxygen atoms in total. The molecule has 0 unspecified atom stereocenters. The number of nitrogens with one attached hydrogen (secondary N) is 1. The van der Waals surface area contributed by atoms with Crippen molar-refractivity contribution >= 4 is 33.6 Å². The standard InChI is InChI=1S/C18H23B.C16H13BrN2/c1-4-5-14-19(17-12-8-6-10-15(17)2)18-13-9-7-11-16(18)3;17-14-8-6-12(7-9-14)10-16-18-11-15(19-16)13-4-2-1-3-5-13/h6-13H,4-5,14H2,1-3H3;1-9,11H,10H2,(H,18,19).